The number of hydrogen-bond donors (Lipinski definition) is 0. The molecule has 2 aromatic carbocycles. The van der Waals surface area contributed by atoms with Crippen molar-refractivity contribution in [2.75, 3.05) is 0 Å². The molecule has 0 spiro atoms. The van der Waals surface area contributed by atoms with Gasteiger partial charge >= 0.3 is 0 Å². The third kappa shape index (κ3) is 5.71. The Morgan fingerprint density at radius 3 is 2.76 bits per heavy atom. The van der Waals surface area contributed by atoms with Gasteiger partial charge in [-0.3, -0.25) is 4.99 Å². The molecule has 38 heavy (non-hydrogen) atoms. The zero-order chi connectivity index (χ0) is 25.2. The Morgan fingerprint density at radius 1 is 0.974 bits per heavy atom. The molecule has 1 aliphatic heterocycles. The Labute approximate surface area is 235 Å². The Balaban J connectivity index is 0.00000176. The monoisotopic (exact) mass is 513 g/mol. The van der Waals surface area contributed by atoms with Crippen molar-refractivity contribution < 1.29 is 11.2 Å². The molecular weight excluding hydrogens is 462 g/mol. The van der Waals surface area contributed by atoms with Crippen LogP contribution in [0.4, 0.5) is 0 Å². The molecule has 1 fully saturated rings. The molecule has 2 N–H and O–H groups in total. The SMILES string of the molecule is C=C(Cc1cccc(C2CCCC(C3=C4C=CCC4CC(C)C=N3)C2)c1)Cc1cccc2c1CCC=C2.O.[HH].[HH].[HH].[HH]. The molecule has 2 nitrogen and oxygen atoms in total. The fraction of sp³-hybridized carbons (Fsp3) is 0.417. The van der Waals surface area contributed by atoms with Gasteiger partial charge in [0.15, 0.2) is 0 Å². The third-order valence-corrected chi connectivity index (χ3v) is 9.12. The summed E-state index contributed by atoms with van der Waals surface area (Å²) >= 11 is 0. The van der Waals surface area contributed by atoms with Crippen molar-refractivity contribution in [3.8, 4) is 0 Å². The highest BCUT2D eigenvalue weighted by atomic mass is 16.0. The maximum atomic E-state index is 5.11. The number of fused-ring (bicyclic) bond motifs is 2. The van der Waals surface area contributed by atoms with E-state index in [1.165, 1.54) is 77.6 Å². The van der Waals surface area contributed by atoms with E-state index in [1.807, 2.05) is 0 Å². The van der Waals surface area contributed by atoms with Gasteiger partial charge in [-0.25, -0.2) is 0 Å². The van der Waals surface area contributed by atoms with Crippen molar-refractivity contribution in [1.29, 1.82) is 0 Å². The largest absolute Gasteiger partial charge is 0.412 e. The number of aliphatic imine (C=N–C) groups is 1. The molecule has 0 bridgehead atoms. The van der Waals surface area contributed by atoms with Gasteiger partial charge in [0.2, 0.25) is 0 Å². The molecule has 6 rings (SSSR count). The van der Waals surface area contributed by atoms with Crippen LogP contribution >= 0.6 is 0 Å². The molecule has 0 saturated heterocycles. The normalized spacial score (nSPS) is 25.9. The second-order valence-corrected chi connectivity index (χ2v) is 12.0. The Bertz CT molecular complexity index is 1310. The van der Waals surface area contributed by atoms with E-state index in [-0.39, 0.29) is 11.2 Å². The van der Waals surface area contributed by atoms with Gasteiger partial charge in [0, 0.05) is 23.5 Å². The molecule has 0 radical (unpaired) electrons. The zero-order valence-corrected chi connectivity index (χ0v) is 23.0. The highest BCUT2D eigenvalue weighted by molar-refractivity contribution is 5.64. The van der Waals surface area contributed by atoms with Crippen molar-refractivity contribution in [2.24, 2.45) is 22.7 Å². The number of allylic oxidation sites excluding steroid dienone is 6. The Kier molecular flexibility index (Phi) is 8.29. The first-order chi connectivity index (χ1) is 18.1. The lowest BCUT2D eigenvalue weighted by Crippen LogP contribution is -2.17. The summed E-state index contributed by atoms with van der Waals surface area (Å²) in [7, 11) is 0. The summed E-state index contributed by atoms with van der Waals surface area (Å²) in [6.07, 6.45) is 23.4. The minimum atomic E-state index is 0. The van der Waals surface area contributed by atoms with E-state index in [2.05, 4.69) is 86.5 Å². The van der Waals surface area contributed by atoms with Crippen molar-refractivity contribution >= 4 is 12.3 Å². The Morgan fingerprint density at radius 2 is 1.84 bits per heavy atom. The van der Waals surface area contributed by atoms with Crippen LogP contribution < -0.4 is 0 Å². The topological polar surface area (TPSA) is 43.9 Å². The van der Waals surface area contributed by atoms with Crippen LogP contribution in [0.3, 0.4) is 0 Å². The maximum absolute atomic E-state index is 5.11. The summed E-state index contributed by atoms with van der Waals surface area (Å²) in [5.41, 5.74) is 11.6. The molecule has 2 heteroatoms. The minimum absolute atomic E-state index is 0. The van der Waals surface area contributed by atoms with E-state index < -0.39 is 0 Å². The quantitative estimate of drug-likeness (QED) is 0.345. The predicted octanol–water partition coefficient (Wildman–Crippen LogP) is 9.36. The smallest absolute Gasteiger partial charge is 0.0465 e. The standard InChI is InChI=1S/C36H41N.H2O.4H2/c1-25(20-31-14-6-11-28-10-3-4-17-34(28)31)19-27-9-5-12-29(22-27)30-13-7-16-33(23-30)36-35-18-8-15-32(35)21-26(2)24-37-36;;;;;/h3,5-6,8-12,14,18,22,24,26,30,32-33H,1,4,7,13,15-17,19-21,23H2,2H3;1H2;4*1H. The van der Waals surface area contributed by atoms with Crippen molar-refractivity contribution in [3.63, 3.8) is 0 Å². The zero-order valence-electron chi connectivity index (χ0n) is 23.0. The average molecular weight is 514 g/mol. The van der Waals surface area contributed by atoms with E-state index in [0.29, 0.717) is 23.7 Å². The minimum Gasteiger partial charge on any atom is -0.412 e. The van der Waals surface area contributed by atoms with Crippen molar-refractivity contribution in [2.45, 2.75) is 77.0 Å². The summed E-state index contributed by atoms with van der Waals surface area (Å²) in [5, 5.41) is 0. The van der Waals surface area contributed by atoms with Gasteiger partial charge in [0.05, 0.1) is 0 Å². The number of nitrogens with zero attached hydrogens (tertiary/aromatic N) is 1. The maximum Gasteiger partial charge on any atom is 0.0465 e. The van der Waals surface area contributed by atoms with Crippen LogP contribution in [0.15, 0.2) is 89.1 Å². The van der Waals surface area contributed by atoms with Gasteiger partial charge in [-0.1, -0.05) is 92.3 Å². The second kappa shape index (κ2) is 11.8. The molecule has 4 atom stereocenters. The Hall–Kier alpha value is -2.97. The van der Waals surface area contributed by atoms with E-state index in [4.69, 9.17) is 4.99 Å². The van der Waals surface area contributed by atoms with E-state index in [1.54, 1.807) is 5.57 Å². The number of benzene rings is 2. The van der Waals surface area contributed by atoms with Crippen LogP contribution in [0.25, 0.3) is 6.08 Å². The molecule has 0 amide bonds. The van der Waals surface area contributed by atoms with Crippen LogP contribution in [0.5, 0.6) is 0 Å². The van der Waals surface area contributed by atoms with E-state index in [0.717, 1.165) is 25.7 Å². The van der Waals surface area contributed by atoms with Crippen LogP contribution in [0.1, 0.15) is 91.3 Å². The third-order valence-electron chi connectivity index (χ3n) is 9.12. The molecule has 2 aromatic rings. The molecule has 1 saturated carbocycles. The number of rotatable bonds is 6. The van der Waals surface area contributed by atoms with Gasteiger partial charge in [-0.2, -0.15) is 0 Å². The number of hydrogen-bond acceptors (Lipinski definition) is 1. The van der Waals surface area contributed by atoms with Crippen LogP contribution in [0.2, 0.25) is 0 Å². The molecule has 4 aliphatic rings. The summed E-state index contributed by atoms with van der Waals surface area (Å²) in [4.78, 5) is 5.11. The van der Waals surface area contributed by atoms with Crippen molar-refractivity contribution in [1.82, 2.24) is 0 Å². The predicted molar refractivity (Wildman–Crippen MR) is 170 cm³/mol. The summed E-state index contributed by atoms with van der Waals surface area (Å²) in [6, 6.07) is 16.2. The molecule has 206 valence electrons. The molecule has 4 unspecified atom stereocenters. The first-order valence-electron chi connectivity index (χ1n) is 14.6. The fourth-order valence-electron chi connectivity index (χ4n) is 7.31. The van der Waals surface area contributed by atoms with Crippen LogP contribution in [-0.2, 0) is 19.3 Å². The van der Waals surface area contributed by atoms with E-state index >= 15 is 0 Å². The summed E-state index contributed by atoms with van der Waals surface area (Å²) in [6.45, 7) is 6.84. The summed E-state index contributed by atoms with van der Waals surface area (Å²) in [5.74, 6) is 2.50. The fourth-order valence-corrected chi connectivity index (χ4v) is 7.31. The molecule has 0 aromatic heterocycles. The van der Waals surface area contributed by atoms with Gasteiger partial charge in [-0.05, 0) is 109 Å². The lowest BCUT2D eigenvalue weighted by Gasteiger charge is -2.31. The first-order valence-corrected chi connectivity index (χ1v) is 14.6. The lowest BCUT2D eigenvalue weighted by molar-refractivity contribution is 0.354. The van der Waals surface area contributed by atoms with Crippen LogP contribution in [-0.4, -0.2) is 11.7 Å². The average Bonchev–Trinajstić information content (AvgIpc) is 3.30. The summed E-state index contributed by atoms with van der Waals surface area (Å²) < 4.78 is 0. The second-order valence-electron chi connectivity index (χ2n) is 12.0. The molecule has 3 aliphatic carbocycles. The molecular formula is C36H51NO. The van der Waals surface area contributed by atoms with Gasteiger partial charge < -0.3 is 5.48 Å². The van der Waals surface area contributed by atoms with E-state index in [9.17, 15) is 0 Å². The van der Waals surface area contributed by atoms with Gasteiger partial charge in [0.25, 0.3) is 0 Å². The molecule has 1 heterocycles. The van der Waals surface area contributed by atoms with Crippen LogP contribution in [0, 0.1) is 17.8 Å². The highest BCUT2D eigenvalue weighted by Gasteiger charge is 2.31. The first kappa shape index (κ1) is 26.6. The van der Waals surface area contributed by atoms with Gasteiger partial charge in [0.1, 0.15) is 0 Å². The lowest BCUT2D eigenvalue weighted by atomic mass is 9.75. The van der Waals surface area contributed by atoms with Gasteiger partial charge in [-0.15, -0.1) is 0 Å². The highest BCUT2D eigenvalue weighted by Crippen LogP contribution is 2.44. The van der Waals surface area contributed by atoms with Crippen molar-refractivity contribution in [3.05, 3.63) is 112 Å².